The van der Waals surface area contributed by atoms with Gasteiger partial charge in [-0.05, 0) is 54.0 Å². The molecule has 1 saturated carbocycles. The number of carbonyl (C=O) groups excluding carboxylic acids is 5. The van der Waals surface area contributed by atoms with E-state index < -0.39 is 71.4 Å². The van der Waals surface area contributed by atoms with Crippen LogP contribution < -0.4 is 27.0 Å². The number of halogens is 3. The second kappa shape index (κ2) is 17.1. The summed E-state index contributed by atoms with van der Waals surface area (Å²) in [7, 11) is 0. The average molecular weight is 722 g/mol. The van der Waals surface area contributed by atoms with Crippen molar-refractivity contribution in [3.8, 4) is 11.1 Å². The Morgan fingerprint density at radius 3 is 1.92 bits per heavy atom. The first-order valence-electron chi connectivity index (χ1n) is 16.8. The zero-order valence-electron chi connectivity index (χ0n) is 28.7. The van der Waals surface area contributed by atoms with Gasteiger partial charge in [-0.15, -0.1) is 0 Å². The second-order valence-electron chi connectivity index (χ2n) is 13.1. The Morgan fingerprint density at radius 1 is 0.827 bits per heavy atom. The van der Waals surface area contributed by atoms with E-state index in [1.807, 2.05) is 30.3 Å². The lowest BCUT2D eigenvalue weighted by atomic mass is 9.75. The number of rotatable bonds is 15. The molecule has 0 heterocycles. The van der Waals surface area contributed by atoms with Crippen molar-refractivity contribution in [2.75, 3.05) is 0 Å². The van der Waals surface area contributed by atoms with Crippen molar-refractivity contribution in [1.82, 2.24) is 21.3 Å². The standard InChI is InChI=1S/C38H42F3N5O6/c1-23(2)31(45-33(49)27-16-14-26(15-17-27)25-12-7-4-8-13-25)35(51)43-29(22-24-10-5-3-6-11-24)34(50)46-37(20-9-21-37)36(52)44-28(18-19-30(42)47)32(48)38(39,40)41/h3-8,10-19,23,28-29,31-32,48H,9,20-22H2,1-2H3,(H2,42,47)(H,43,51)(H,44,52)(H,45,49)(H,46,50). The van der Waals surface area contributed by atoms with Crippen molar-refractivity contribution >= 4 is 29.5 Å². The fraction of sp³-hybridized carbons (Fsp3) is 0.342. The van der Waals surface area contributed by atoms with Crippen molar-refractivity contribution < 1.29 is 42.3 Å². The van der Waals surface area contributed by atoms with Crippen LogP contribution in [-0.2, 0) is 25.6 Å². The van der Waals surface area contributed by atoms with Gasteiger partial charge in [-0.3, -0.25) is 24.0 Å². The van der Waals surface area contributed by atoms with Gasteiger partial charge in [0, 0.05) is 18.1 Å². The van der Waals surface area contributed by atoms with E-state index in [1.165, 1.54) is 0 Å². The molecule has 0 aromatic heterocycles. The Morgan fingerprint density at radius 2 is 1.40 bits per heavy atom. The van der Waals surface area contributed by atoms with Crippen LogP contribution >= 0.6 is 0 Å². The predicted octanol–water partition coefficient (Wildman–Crippen LogP) is 3.32. The third-order valence-corrected chi connectivity index (χ3v) is 8.85. The van der Waals surface area contributed by atoms with Crippen molar-refractivity contribution in [3.63, 3.8) is 0 Å². The number of nitrogens with two attached hydrogens (primary N) is 1. The molecular formula is C38H42F3N5O6. The molecule has 0 bridgehead atoms. The Kier molecular flexibility index (Phi) is 13.0. The number of aliphatic hydroxyl groups excluding tert-OH is 1. The quantitative estimate of drug-likeness (QED) is 0.131. The van der Waals surface area contributed by atoms with E-state index >= 15 is 0 Å². The normalized spacial score (nSPS) is 16.1. The smallest absolute Gasteiger partial charge is 0.381 e. The van der Waals surface area contributed by atoms with Gasteiger partial charge in [0.05, 0.1) is 6.04 Å². The lowest BCUT2D eigenvalue weighted by Gasteiger charge is -2.42. The Balaban J connectivity index is 1.52. The molecule has 4 unspecified atom stereocenters. The molecule has 1 aliphatic rings. The number of carbonyl (C=O) groups is 5. The summed E-state index contributed by atoms with van der Waals surface area (Å²) in [4.78, 5) is 65.6. The monoisotopic (exact) mass is 721 g/mol. The maximum absolute atomic E-state index is 13.9. The lowest BCUT2D eigenvalue weighted by molar-refractivity contribution is -0.208. The molecule has 11 nitrogen and oxygen atoms in total. The molecule has 3 aromatic carbocycles. The highest BCUT2D eigenvalue weighted by molar-refractivity contribution is 5.99. The van der Waals surface area contributed by atoms with Crippen LogP contribution in [0.3, 0.4) is 0 Å². The molecule has 4 atom stereocenters. The largest absolute Gasteiger partial charge is 0.416 e. The van der Waals surface area contributed by atoms with E-state index in [4.69, 9.17) is 5.73 Å². The van der Waals surface area contributed by atoms with Crippen molar-refractivity contribution in [3.05, 3.63) is 108 Å². The van der Waals surface area contributed by atoms with E-state index in [0.29, 0.717) is 29.7 Å². The van der Waals surface area contributed by atoms with Crippen LogP contribution in [0.25, 0.3) is 11.1 Å². The van der Waals surface area contributed by atoms with E-state index in [0.717, 1.165) is 11.1 Å². The molecule has 3 aromatic rings. The number of nitrogens with one attached hydrogen (secondary N) is 4. The molecule has 4 rings (SSSR count). The summed E-state index contributed by atoms with van der Waals surface area (Å²) < 4.78 is 40.2. The molecule has 14 heteroatoms. The van der Waals surface area contributed by atoms with Crippen LogP contribution in [0.1, 0.15) is 49.0 Å². The number of alkyl halides is 3. The first-order valence-corrected chi connectivity index (χ1v) is 16.8. The average Bonchev–Trinajstić information content (AvgIpc) is 3.09. The molecule has 1 fully saturated rings. The third kappa shape index (κ3) is 10.3. The van der Waals surface area contributed by atoms with Crippen molar-refractivity contribution in [2.24, 2.45) is 11.7 Å². The predicted molar refractivity (Wildman–Crippen MR) is 187 cm³/mol. The lowest BCUT2D eigenvalue weighted by Crippen LogP contribution is -2.68. The highest BCUT2D eigenvalue weighted by Crippen LogP contribution is 2.33. The first kappa shape index (κ1) is 39.3. The molecule has 0 radical (unpaired) electrons. The van der Waals surface area contributed by atoms with Crippen LogP contribution in [0.5, 0.6) is 0 Å². The third-order valence-electron chi connectivity index (χ3n) is 8.85. The van der Waals surface area contributed by atoms with Crippen molar-refractivity contribution in [1.29, 1.82) is 0 Å². The number of benzene rings is 3. The Labute approximate surface area is 299 Å². The zero-order chi connectivity index (χ0) is 38.1. The summed E-state index contributed by atoms with van der Waals surface area (Å²) in [6.07, 6.45) is -6.49. The fourth-order valence-corrected chi connectivity index (χ4v) is 5.71. The van der Waals surface area contributed by atoms with Gasteiger partial charge in [0.25, 0.3) is 5.91 Å². The first-order chi connectivity index (χ1) is 24.6. The molecule has 52 heavy (non-hydrogen) atoms. The number of hydrogen-bond donors (Lipinski definition) is 6. The highest BCUT2D eigenvalue weighted by atomic mass is 19.4. The van der Waals surface area contributed by atoms with Crippen LogP contribution in [0.2, 0.25) is 0 Å². The topological polar surface area (TPSA) is 180 Å². The molecule has 0 aliphatic heterocycles. The van der Waals surface area contributed by atoms with E-state index in [9.17, 15) is 42.3 Å². The van der Waals surface area contributed by atoms with Crippen LogP contribution in [0.15, 0.2) is 97.1 Å². The summed E-state index contributed by atoms with van der Waals surface area (Å²) >= 11 is 0. The molecular weight excluding hydrogens is 679 g/mol. The summed E-state index contributed by atoms with van der Waals surface area (Å²) in [5.41, 5.74) is 6.18. The number of hydrogen-bond acceptors (Lipinski definition) is 6. The maximum atomic E-state index is 13.9. The van der Waals surface area contributed by atoms with Crippen LogP contribution in [-0.4, -0.2) is 70.6 Å². The number of amides is 5. The Bertz CT molecular complexity index is 1750. The molecule has 0 spiro atoms. The summed E-state index contributed by atoms with van der Waals surface area (Å²) in [6, 6.07) is 20.7. The second-order valence-corrected chi connectivity index (χ2v) is 13.1. The minimum atomic E-state index is -5.16. The molecule has 1 aliphatic carbocycles. The number of aliphatic hydroxyl groups is 1. The summed E-state index contributed by atoms with van der Waals surface area (Å²) in [6.45, 7) is 3.45. The van der Waals surface area contributed by atoms with Gasteiger partial charge in [0.2, 0.25) is 23.6 Å². The fourth-order valence-electron chi connectivity index (χ4n) is 5.71. The van der Waals surface area contributed by atoms with Crippen LogP contribution in [0, 0.1) is 5.92 Å². The van der Waals surface area contributed by atoms with E-state index in [1.54, 1.807) is 68.4 Å². The van der Waals surface area contributed by atoms with Crippen LogP contribution in [0.4, 0.5) is 13.2 Å². The van der Waals surface area contributed by atoms with Gasteiger partial charge in [-0.25, -0.2) is 0 Å². The summed E-state index contributed by atoms with van der Waals surface area (Å²) in [5.74, 6) is -4.51. The van der Waals surface area contributed by atoms with Crippen molar-refractivity contribution in [2.45, 2.75) is 75.5 Å². The molecule has 5 amide bonds. The maximum Gasteiger partial charge on any atom is 0.416 e. The van der Waals surface area contributed by atoms with E-state index in [-0.39, 0.29) is 19.3 Å². The summed E-state index contributed by atoms with van der Waals surface area (Å²) in [5, 5.41) is 20.0. The highest BCUT2D eigenvalue weighted by Gasteiger charge is 2.49. The van der Waals surface area contributed by atoms with Gasteiger partial charge in [0.1, 0.15) is 17.6 Å². The SMILES string of the molecule is CC(C)C(NC(=O)c1ccc(-c2ccccc2)cc1)C(=O)NC(Cc1ccccc1)C(=O)NC1(C(=O)NC(C=CC(N)=O)C(O)C(F)(F)F)CCC1. The Hall–Kier alpha value is -5.50. The molecule has 7 N–H and O–H groups in total. The molecule has 0 saturated heterocycles. The molecule has 276 valence electrons. The van der Waals surface area contributed by atoms with Gasteiger partial charge in [-0.1, -0.05) is 92.7 Å². The van der Waals surface area contributed by atoms with Gasteiger partial charge in [-0.2, -0.15) is 13.2 Å². The van der Waals surface area contributed by atoms with Gasteiger partial charge < -0.3 is 32.1 Å². The van der Waals surface area contributed by atoms with Gasteiger partial charge >= 0.3 is 6.18 Å². The van der Waals surface area contributed by atoms with Gasteiger partial charge in [0.15, 0.2) is 6.10 Å². The van der Waals surface area contributed by atoms with E-state index in [2.05, 4.69) is 21.3 Å². The zero-order valence-corrected chi connectivity index (χ0v) is 28.7. The minimum absolute atomic E-state index is 0.0212. The minimum Gasteiger partial charge on any atom is -0.381 e. The number of primary amides is 1.